The van der Waals surface area contributed by atoms with Gasteiger partial charge in [-0.2, -0.15) is 0 Å². The number of ether oxygens (including phenoxy) is 1. The molecule has 2 aromatic heterocycles. The summed E-state index contributed by atoms with van der Waals surface area (Å²) in [6, 6.07) is 4.02. The maximum atomic E-state index is 11.5. The van der Waals surface area contributed by atoms with Crippen molar-refractivity contribution in [1.82, 2.24) is 9.22 Å². The van der Waals surface area contributed by atoms with Gasteiger partial charge in [0.05, 0.1) is 6.61 Å². The van der Waals surface area contributed by atoms with Crippen LogP contribution in [0, 0.1) is 0 Å². The first-order valence-electron chi connectivity index (χ1n) is 8.00. The van der Waals surface area contributed by atoms with Crippen LogP contribution in [0.1, 0.15) is 33.3 Å². The number of hydrogen-bond donors (Lipinski definition) is 0. The van der Waals surface area contributed by atoms with Crippen LogP contribution in [-0.4, -0.2) is 30.0 Å². The molecule has 0 fully saturated rings. The van der Waals surface area contributed by atoms with Gasteiger partial charge < -0.3 is 8.97 Å². The van der Waals surface area contributed by atoms with Gasteiger partial charge in [0.25, 0.3) is 0 Å². The summed E-state index contributed by atoms with van der Waals surface area (Å²) >= 11 is 0. The molecule has 0 aliphatic rings. The molecule has 0 amide bonds. The highest BCUT2D eigenvalue weighted by Gasteiger charge is 2.38. The van der Waals surface area contributed by atoms with Gasteiger partial charge >= 0.3 is 5.97 Å². The molecule has 2 aromatic rings. The molecule has 0 aliphatic carbocycles. The molecule has 0 unspecified atom stereocenters. The predicted molar refractivity (Wildman–Crippen MR) is 98.0 cm³/mol. The number of carbonyl (C=O) groups is 1. The third kappa shape index (κ3) is 3.39. The topological polar surface area (TPSA) is 44.1 Å². The fraction of sp³-hybridized carbons (Fsp3) is 0.444. The summed E-state index contributed by atoms with van der Waals surface area (Å²) in [4.78, 5) is 16.1. The molecule has 0 radical (unpaired) electrons. The molecule has 0 spiro atoms. The second-order valence-electron chi connectivity index (χ2n) is 7.22. The largest absolute Gasteiger partial charge is 0.463 e. The standard InChI is InChI=1S/C18H26N2O2Si/c1-7-22-16(21)9-8-14-10-12-19-17-15(14)11-13-20(17)23(5,6)18(2,3)4/h8-13H,7H2,1-6H3. The zero-order valence-corrected chi connectivity index (χ0v) is 15.9. The van der Waals surface area contributed by atoms with Gasteiger partial charge in [-0.05, 0) is 41.9 Å². The van der Waals surface area contributed by atoms with Gasteiger partial charge in [0.1, 0.15) is 5.65 Å². The van der Waals surface area contributed by atoms with E-state index in [0.29, 0.717) is 6.61 Å². The number of fused-ring (bicyclic) bond motifs is 1. The molecule has 0 bridgehead atoms. The minimum Gasteiger partial charge on any atom is -0.463 e. The van der Waals surface area contributed by atoms with E-state index in [1.807, 2.05) is 6.07 Å². The van der Waals surface area contributed by atoms with Crippen LogP contribution in [0.4, 0.5) is 0 Å². The molecule has 0 saturated carbocycles. The molecule has 4 nitrogen and oxygen atoms in total. The minimum atomic E-state index is -1.74. The van der Waals surface area contributed by atoms with Gasteiger partial charge in [-0.25, -0.2) is 9.78 Å². The minimum absolute atomic E-state index is 0.220. The Labute approximate surface area is 139 Å². The quantitative estimate of drug-likeness (QED) is 0.472. The monoisotopic (exact) mass is 330 g/mol. The summed E-state index contributed by atoms with van der Waals surface area (Å²) in [6.07, 6.45) is 7.22. The van der Waals surface area contributed by atoms with Crippen molar-refractivity contribution in [2.45, 2.75) is 45.8 Å². The Hall–Kier alpha value is -1.88. The van der Waals surface area contributed by atoms with Crippen LogP contribution >= 0.6 is 0 Å². The van der Waals surface area contributed by atoms with E-state index in [9.17, 15) is 4.79 Å². The zero-order chi connectivity index (χ0) is 17.3. The third-order valence-corrected chi connectivity index (χ3v) is 9.98. The van der Waals surface area contributed by atoms with Crippen LogP contribution in [0.2, 0.25) is 18.1 Å². The number of hydrogen-bond acceptors (Lipinski definition) is 3. The van der Waals surface area contributed by atoms with E-state index >= 15 is 0 Å². The Bertz CT molecular complexity index is 739. The fourth-order valence-corrected chi connectivity index (χ4v) is 4.24. The number of rotatable bonds is 4. The van der Waals surface area contributed by atoms with E-state index in [0.717, 1.165) is 16.6 Å². The summed E-state index contributed by atoms with van der Waals surface area (Å²) in [5, 5.41) is 1.29. The van der Waals surface area contributed by atoms with Crippen molar-refractivity contribution >= 4 is 31.3 Å². The Balaban J connectivity index is 2.48. The van der Waals surface area contributed by atoms with Gasteiger partial charge in [-0.3, -0.25) is 0 Å². The second kappa shape index (κ2) is 6.32. The molecule has 0 aliphatic heterocycles. The molecule has 2 heterocycles. The van der Waals surface area contributed by atoms with E-state index in [4.69, 9.17) is 4.74 Å². The molecular formula is C18H26N2O2Si. The third-order valence-electron chi connectivity index (χ3n) is 4.74. The van der Waals surface area contributed by atoms with Crippen molar-refractivity contribution in [3.05, 3.63) is 36.2 Å². The van der Waals surface area contributed by atoms with E-state index < -0.39 is 8.24 Å². The van der Waals surface area contributed by atoms with Crippen LogP contribution in [-0.2, 0) is 9.53 Å². The highest BCUT2D eigenvalue weighted by atomic mass is 28.3. The lowest BCUT2D eigenvalue weighted by atomic mass is 10.2. The van der Waals surface area contributed by atoms with E-state index in [1.54, 1.807) is 19.2 Å². The number of pyridine rings is 1. The summed E-state index contributed by atoms with van der Waals surface area (Å²) in [7, 11) is -1.74. The van der Waals surface area contributed by atoms with Gasteiger partial charge in [0.2, 0.25) is 0 Å². The number of carbonyl (C=O) groups excluding carboxylic acids is 1. The molecule has 0 N–H and O–H groups in total. The smallest absolute Gasteiger partial charge is 0.330 e. The summed E-state index contributed by atoms with van der Waals surface area (Å²) in [6.45, 7) is 13.8. The van der Waals surface area contributed by atoms with E-state index in [-0.39, 0.29) is 11.0 Å². The van der Waals surface area contributed by atoms with Crippen LogP contribution in [0.3, 0.4) is 0 Å². The predicted octanol–water partition coefficient (Wildman–Crippen LogP) is 4.47. The van der Waals surface area contributed by atoms with Crippen molar-refractivity contribution in [2.24, 2.45) is 0 Å². The lowest BCUT2D eigenvalue weighted by molar-refractivity contribution is -0.137. The molecule has 0 saturated heterocycles. The van der Waals surface area contributed by atoms with Crippen LogP contribution < -0.4 is 0 Å². The molecule has 5 heteroatoms. The van der Waals surface area contributed by atoms with Gasteiger partial charge in [-0.15, -0.1) is 0 Å². The van der Waals surface area contributed by atoms with Crippen LogP contribution in [0.15, 0.2) is 30.6 Å². The molecule has 23 heavy (non-hydrogen) atoms. The highest BCUT2D eigenvalue weighted by Crippen LogP contribution is 2.38. The first-order chi connectivity index (χ1) is 10.7. The lowest BCUT2D eigenvalue weighted by Crippen LogP contribution is -2.45. The summed E-state index contributed by atoms with van der Waals surface area (Å²) < 4.78 is 7.29. The van der Waals surface area contributed by atoms with Gasteiger partial charge in [-0.1, -0.05) is 33.9 Å². The first-order valence-corrected chi connectivity index (χ1v) is 10.9. The van der Waals surface area contributed by atoms with Crippen molar-refractivity contribution in [2.75, 3.05) is 6.61 Å². The summed E-state index contributed by atoms with van der Waals surface area (Å²) in [5.41, 5.74) is 1.98. The Morgan fingerprint density at radius 2 is 2.04 bits per heavy atom. The zero-order valence-electron chi connectivity index (χ0n) is 14.9. The van der Waals surface area contributed by atoms with Crippen LogP contribution in [0.25, 0.3) is 17.1 Å². The molecule has 124 valence electrons. The SMILES string of the molecule is CCOC(=O)C=Cc1ccnc2c1ccn2[Si](C)(C)C(C)(C)C. The Morgan fingerprint density at radius 3 is 2.65 bits per heavy atom. The van der Waals surface area contributed by atoms with Crippen molar-refractivity contribution < 1.29 is 9.53 Å². The highest BCUT2D eigenvalue weighted by molar-refractivity contribution is 6.79. The lowest BCUT2D eigenvalue weighted by Gasteiger charge is -2.38. The normalized spacial score (nSPS) is 13.0. The average molecular weight is 331 g/mol. The second-order valence-corrected chi connectivity index (χ2v) is 12.3. The van der Waals surface area contributed by atoms with Gasteiger partial charge in [0.15, 0.2) is 8.24 Å². The molecular weight excluding hydrogens is 304 g/mol. The van der Waals surface area contributed by atoms with Crippen LogP contribution in [0.5, 0.6) is 0 Å². The average Bonchev–Trinajstić information content (AvgIpc) is 2.89. The van der Waals surface area contributed by atoms with Crippen molar-refractivity contribution in [1.29, 1.82) is 0 Å². The maximum Gasteiger partial charge on any atom is 0.330 e. The Kier molecular flexibility index (Phi) is 4.80. The molecule has 0 atom stereocenters. The van der Waals surface area contributed by atoms with E-state index in [2.05, 4.69) is 55.3 Å². The van der Waals surface area contributed by atoms with Crippen molar-refractivity contribution in [3.63, 3.8) is 0 Å². The van der Waals surface area contributed by atoms with Crippen molar-refractivity contribution in [3.8, 4) is 0 Å². The first kappa shape index (κ1) is 17.5. The maximum absolute atomic E-state index is 11.5. The van der Waals surface area contributed by atoms with Gasteiger partial charge in [0, 0.05) is 17.7 Å². The number of aromatic nitrogens is 2. The number of nitrogens with zero attached hydrogens (tertiary/aromatic N) is 2. The molecule has 2 rings (SSSR count). The fourth-order valence-electron chi connectivity index (χ4n) is 2.36. The number of esters is 1. The van der Waals surface area contributed by atoms with E-state index in [1.165, 1.54) is 6.08 Å². The molecule has 0 aromatic carbocycles. The Morgan fingerprint density at radius 1 is 1.35 bits per heavy atom. The summed E-state index contributed by atoms with van der Waals surface area (Å²) in [5.74, 6) is -0.318.